The van der Waals surface area contributed by atoms with E-state index in [-0.39, 0.29) is 28.6 Å². The Morgan fingerprint density at radius 1 is 1.20 bits per heavy atom. The molecule has 3 rings (SSSR count). The third kappa shape index (κ3) is 4.04. The van der Waals surface area contributed by atoms with Crippen molar-refractivity contribution in [3.05, 3.63) is 47.7 Å². The first-order valence-corrected chi connectivity index (χ1v) is 9.25. The van der Waals surface area contributed by atoms with Crippen molar-refractivity contribution >= 4 is 15.7 Å². The Bertz CT molecular complexity index is 902. The fraction of sp³-hybridized carbons (Fsp3) is 0.312. The number of rotatable bonds is 3. The minimum atomic E-state index is -4.48. The molecule has 5 nitrogen and oxygen atoms in total. The molecule has 0 radical (unpaired) electrons. The maximum absolute atomic E-state index is 12.8. The molecule has 2 heterocycles. The van der Waals surface area contributed by atoms with Crippen LogP contribution in [0.15, 0.2) is 40.8 Å². The van der Waals surface area contributed by atoms with Gasteiger partial charge >= 0.3 is 6.18 Å². The zero-order valence-corrected chi connectivity index (χ0v) is 13.7. The van der Waals surface area contributed by atoms with Crippen molar-refractivity contribution in [2.75, 3.05) is 11.5 Å². The highest BCUT2D eigenvalue weighted by atomic mass is 32.2. The fourth-order valence-electron chi connectivity index (χ4n) is 2.63. The number of halogens is 3. The van der Waals surface area contributed by atoms with Gasteiger partial charge in [0.05, 0.1) is 17.1 Å². The summed E-state index contributed by atoms with van der Waals surface area (Å²) >= 11 is 0. The zero-order valence-electron chi connectivity index (χ0n) is 12.8. The van der Waals surface area contributed by atoms with Crippen LogP contribution in [0.4, 0.5) is 13.2 Å². The first-order valence-electron chi connectivity index (χ1n) is 7.43. The van der Waals surface area contributed by atoms with E-state index in [4.69, 9.17) is 4.42 Å². The summed E-state index contributed by atoms with van der Waals surface area (Å²) in [4.78, 5) is 12.1. The third-order valence-electron chi connectivity index (χ3n) is 3.87. The number of benzene rings is 1. The lowest BCUT2D eigenvalue weighted by atomic mass is 10.1. The molecule has 1 aliphatic rings. The summed E-state index contributed by atoms with van der Waals surface area (Å²) in [6, 6.07) is 6.83. The lowest BCUT2D eigenvalue weighted by Crippen LogP contribution is -2.35. The van der Waals surface area contributed by atoms with Crippen LogP contribution in [-0.4, -0.2) is 31.9 Å². The molecule has 2 aromatic rings. The van der Waals surface area contributed by atoms with Gasteiger partial charge < -0.3 is 9.73 Å². The van der Waals surface area contributed by atoms with Crippen LogP contribution in [-0.2, 0) is 16.0 Å². The van der Waals surface area contributed by atoms with E-state index >= 15 is 0 Å². The van der Waals surface area contributed by atoms with Gasteiger partial charge in [0.25, 0.3) is 5.91 Å². The predicted octanol–water partition coefficient (Wildman–Crippen LogP) is 2.88. The molecule has 1 amide bonds. The van der Waals surface area contributed by atoms with Crippen molar-refractivity contribution in [2.45, 2.75) is 18.6 Å². The Morgan fingerprint density at radius 2 is 1.96 bits per heavy atom. The largest absolute Gasteiger partial charge is 0.451 e. The molecule has 9 heteroatoms. The van der Waals surface area contributed by atoms with Crippen LogP contribution in [0.25, 0.3) is 11.3 Å². The molecule has 0 aliphatic carbocycles. The Labute approximate surface area is 141 Å². The lowest BCUT2D eigenvalue weighted by molar-refractivity contribution is -0.137. The minimum Gasteiger partial charge on any atom is -0.451 e. The van der Waals surface area contributed by atoms with Crippen molar-refractivity contribution in [1.29, 1.82) is 0 Å². The molecule has 1 fully saturated rings. The molecule has 0 unspecified atom stereocenters. The monoisotopic (exact) mass is 373 g/mol. The van der Waals surface area contributed by atoms with Gasteiger partial charge in [0.2, 0.25) is 0 Å². The van der Waals surface area contributed by atoms with Gasteiger partial charge in [-0.15, -0.1) is 0 Å². The van der Waals surface area contributed by atoms with E-state index in [0.717, 1.165) is 12.1 Å². The molecular formula is C16H14F3NO4S. The number of hydrogen-bond donors (Lipinski definition) is 1. The number of carbonyl (C=O) groups excluding carboxylic acids is 1. The summed E-state index contributed by atoms with van der Waals surface area (Å²) in [6.07, 6.45) is -4.15. The van der Waals surface area contributed by atoms with E-state index in [1.165, 1.54) is 24.3 Å². The van der Waals surface area contributed by atoms with E-state index in [0.29, 0.717) is 6.42 Å². The van der Waals surface area contributed by atoms with Gasteiger partial charge in [0, 0.05) is 11.6 Å². The average Bonchev–Trinajstić information content (AvgIpc) is 3.13. The SMILES string of the molecule is O=C(N[C@H]1CCS(=O)(=O)C1)c1ccc(-c2cccc(C(F)(F)F)c2)o1. The molecule has 1 saturated heterocycles. The number of hydrogen-bond acceptors (Lipinski definition) is 4. The Hall–Kier alpha value is -2.29. The van der Waals surface area contributed by atoms with Crippen LogP contribution in [0, 0.1) is 0 Å². The standard InChI is InChI=1S/C16H14F3NO4S/c17-16(18,19)11-3-1-2-10(8-11)13-4-5-14(24-13)15(21)20-12-6-7-25(22,23)9-12/h1-5,8,12H,6-7,9H2,(H,20,21)/t12-/m0/s1. The second kappa shape index (κ2) is 6.21. The van der Waals surface area contributed by atoms with E-state index in [2.05, 4.69) is 5.32 Å². The van der Waals surface area contributed by atoms with E-state index in [1.807, 2.05) is 0 Å². The van der Waals surface area contributed by atoms with Crippen LogP contribution in [0.3, 0.4) is 0 Å². The lowest BCUT2D eigenvalue weighted by Gasteiger charge is -2.09. The van der Waals surface area contributed by atoms with Crippen LogP contribution < -0.4 is 5.32 Å². The average molecular weight is 373 g/mol. The van der Waals surface area contributed by atoms with Crippen molar-refractivity contribution in [2.24, 2.45) is 0 Å². The fourth-order valence-corrected chi connectivity index (χ4v) is 4.30. The molecule has 1 aliphatic heterocycles. The topological polar surface area (TPSA) is 76.4 Å². The molecule has 25 heavy (non-hydrogen) atoms. The third-order valence-corrected chi connectivity index (χ3v) is 5.64. The second-order valence-electron chi connectivity index (χ2n) is 5.82. The predicted molar refractivity (Wildman–Crippen MR) is 83.7 cm³/mol. The number of amides is 1. The summed E-state index contributed by atoms with van der Waals surface area (Å²) in [7, 11) is -3.13. The highest BCUT2D eigenvalue weighted by molar-refractivity contribution is 7.91. The van der Waals surface area contributed by atoms with E-state index < -0.39 is 33.5 Å². The zero-order chi connectivity index (χ0) is 18.2. The highest BCUT2D eigenvalue weighted by Gasteiger charge is 2.31. The van der Waals surface area contributed by atoms with Gasteiger partial charge in [-0.1, -0.05) is 12.1 Å². The van der Waals surface area contributed by atoms with Crippen molar-refractivity contribution < 1.29 is 30.8 Å². The molecule has 1 aromatic heterocycles. The quantitative estimate of drug-likeness (QED) is 0.898. The van der Waals surface area contributed by atoms with Gasteiger partial charge in [0.1, 0.15) is 5.76 Å². The summed E-state index contributed by atoms with van der Waals surface area (Å²) in [5.74, 6) is -0.668. The van der Waals surface area contributed by atoms with Gasteiger partial charge in [-0.05, 0) is 30.7 Å². The first-order chi connectivity index (χ1) is 11.6. The number of alkyl halides is 3. The molecule has 0 spiro atoms. The summed E-state index contributed by atoms with van der Waals surface area (Å²) in [5.41, 5.74) is -0.624. The maximum Gasteiger partial charge on any atom is 0.416 e. The van der Waals surface area contributed by atoms with Crippen molar-refractivity contribution in [3.63, 3.8) is 0 Å². The Morgan fingerprint density at radius 3 is 2.60 bits per heavy atom. The summed E-state index contributed by atoms with van der Waals surface area (Å²) < 4.78 is 66.4. The number of furan rings is 1. The number of nitrogens with one attached hydrogen (secondary N) is 1. The van der Waals surface area contributed by atoms with Crippen LogP contribution in [0.5, 0.6) is 0 Å². The highest BCUT2D eigenvalue weighted by Crippen LogP contribution is 2.32. The van der Waals surface area contributed by atoms with Gasteiger partial charge in [-0.2, -0.15) is 13.2 Å². The molecule has 134 valence electrons. The molecule has 0 bridgehead atoms. The van der Waals surface area contributed by atoms with E-state index in [9.17, 15) is 26.4 Å². The minimum absolute atomic E-state index is 0.0194. The van der Waals surface area contributed by atoms with Gasteiger partial charge in [0.15, 0.2) is 15.6 Å². The van der Waals surface area contributed by atoms with Gasteiger partial charge in [-0.25, -0.2) is 8.42 Å². The molecular weight excluding hydrogens is 359 g/mol. The Balaban J connectivity index is 1.75. The van der Waals surface area contributed by atoms with Crippen LogP contribution in [0.1, 0.15) is 22.5 Å². The van der Waals surface area contributed by atoms with Crippen molar-refractivity contribution in [3.8, 4) is 11.3 Å². The second-order valence-corrected chi connectivity index (χ2v) is 8.04. The summed E-state index contributed by atoms with van der Waals surface area (Å²) in [6.45, 7) is 0. The molecule has 0 saturated carbocycles. The number of carbonyl (C=O) groups is 1. The maximum atomic E-state index is 12.8. The van der Waals surface area contributed by atoms with E-state index in [1.54, 1.807) is 0 Å². The van der Waals surface area contributed by atoms with Crippen LogP contribution >= 0.6 is 0 Å². The first kappa shape index (κ1) is 17.5. The number of sulfone groups is 1. The Kier molecular flexibility index (Phi) is 4.36. The molecule has 1 aromatic carbocycles. The van der Waals surface area contributed by atoms with Crippen LogP contribution in [0.2, 0.25) is 0 Å². The smallest absolute Gasteiger partial charge is 0.416 e. The molecule has 1 N–H and O–H groups in total. The van der Waals surface area contributed by atoms with Gasteiger partial charge in [-0.3, -0.25) is 4.79 Å². The normalized spacial score (nSPS) is 19.7. The summed E-state index contributed by atoms with van der Waals surface area (Å²) in [5, 5.41) is 2.56. The molecule has 1 atom stereocenters. The van der Waals surface area contributed by atoms with Crippen molar-refractivity contribution in [1.82, 2.24) is 5.32 Å².